The van der Waals surface area contributed by atoms with E-state index in [-0.39, 0.29) is 25.7 Å². The molecule has 8 N–H and O–H groups in total. The molecule has 0 saturated heterocycles. The summed E-state index contributed by atoms with van der Waals surface area (Å²) in [7, 11) is -10.8. The minimum Gasteiger partial charge on any atom is -0.462 e. The van der Waals surface area contributed by atoms with Crippen LogP contribution < -0.4 is 0 Å². The molecule has 0 bridgehead atoms. The summed E-state index contributed by atoms with van der Waals surface area (Å²) in [4.78, 5) is 54.2. The molecule has 17 nitrogen and oxygen atoms in total. The molecule has 0 aliphatic heterocycles. The second-order valence-corrected chi connectivity index (χ2v) is 18.2. The van der Waals surface area contributed by atoms with Crippen LogP contribution in [-0.2, 0) is 41.8 Å². The maximum absolute atomic E-state index is 13.0. The van der Waals surface area contributed by atoms with Crippen LogP contribution in [0.5, 0.6) is 0 Å². The predicted octanol–water partition coefficient (Wildman–Crippen LogP) is 7.03. The minimum absolute atomic E-state index is 0.0603. The summed E-state index contributed by atoms with van der Waals surface area (Å²) < 4.78 is 49.1. The summed E-state index contributed by atoms with van der Waals surface area (Å²) in [6.07, 6.45) is 23.2. The highest BCUT2D eigenvalue weighted by molar-refractivity contribution is 7.47. The summed E-state index contributed by atoms with van der Waals surface area (Å²) in [5.74, 6) is -1.43. The molecule has 1 saturated carbocycles. The average molecular weight is 951 g/mol. The number of phosphoric ester groups is 2. The fraction of sp³-hybridized carbons (Fsp3) is 0.689. The Labute approximate surface area is 379 Å². The molecule has 9 atom stereocenters. The van der Waals surface area contributed by atoms with E-state index in [2.05, 4.69) is 67.0 Å². The summed E-state index contributed by atoms with van der Waals surface area (Å²) >= 11 is 0. The number of hydrogen-bond acceptors (Lipinski definition) is 14. The second-order valence-electron chi connectivity index (χ2n) is 15.6. The third kappa shape index (κ3) is 29.8. The van der Waals surface area contributed by atoms with Crippen LogP contribution in [0.15, 0.2) is 72.9 Å². The Bertz CT molecular complexity index is 1540. The van der Waals surface area contributed by atoms with Gasteiger partial charge in [0.2, 0.25) is 0 Å². The van der Waals surface area contributed by atoms with Crippen molar-refractivity contribution in [2.75, 3.05) is 13.2 Å². The van der Waals surface area contributed by atoms with Crippen LogP contribution in [0.4, 0.5) is 0 Å². The first kappa shape index (κ1) is 59.4. The number of carbonyl (C=O) groups excluding carboxylic acids is 2. The lowest BCUT2D eigenvalue weighted by Crippen LogP contribution is -2.64. The number of hydrogen-bond donors (Lipinski definition) is 8. The van der Waals surface area contributed by atoms with Crippen LogP contribution in [0, 0.1) is 0 Å². The molecular formula is C45H76O17P2. The van der Waals surface area contributed by atoms with Gasteiger partial charge in [0, 0.05) is 12.8 Å². The van der Waals surface area contributed by atoms with Gasteiger partial charge in [0.25, 0.3) is 0 Å². The highest BCUT2D eigenvalue weighted by Gasteiger charge is 2.54. The van der Waals surface area contributed by atoms with Crippen molar-refractivity contribution >= 4 is 27.6 Å². The summed E-state index contributed by atoms with van der Waals surface area (Å²) in [5.41, 5.74) is 0. The van der Waals surface area contributed by atoms with Gasteiger partial charge in [-0.05, 0) is 70.6 Å². The summed E-state index contributed by atoms with van der Waals surface area (Å²) in [6.45, 7) is 2.81. The average Bonchev–Trinajstić information content (AvgIpc) is 3.24. The molecule has 0 spiro atoms. The zero-order valence-electron chi connectivity index (χ0n) is 37.5. The second kappa shape index (κ2) is 35.6. The molecule has 0 aromatic carbocycles. The van der Waals surface area contributed by atoms with Crippen LogP contribution in [0.1, 0.15) is 136 Å². The van der Waals surface area contributed by atoms with Crippen molar-refractivity contribution in [3.8, 4) is 0 Å². The van der Waals surface area contributed by atoms with E-state index in [9.17, 15) is 49.1 Å². The number of aliphatic hydroxyl groups is 5. The Hall–Kier alpha value is -2.60. The standard InChI is InChI=1S/C45H76O17P2/c1-3-5-7-9-11-13-15-17-19-21-23-25-27-30-36(46)31-29-33-39(48)60-37(34-58-38(47)32-28-26-24-22-20-18-16-14-12-10-8-6-4-2)35-59-64(56,57)62-45-42(51)40(49)41(50)44(43(45)52)61-63(53,54)55/h8,10-11,13-14,16-17,19,23,25,27,30,36-37,40-46,49-52H,3-7,9,12,15,18,20-22,24,26,28-29,31-35H2,1-2H3,(H,56,57)(H2,53,54,55)/b10-8-,13-11-,16-14-,19-17-,25-23-,30-27+/t36-,37+,40?,41?,42?,43?,44+,45-/m0/s1. The fourth-order valence-corrected chi connectivity index (χ4v) is 7.82. The Balaban J connectivity index is 2.73. The first-order chi connectivity index (χ1) is 30.5. The van der Waals surface area contributed by atoms with Crippen molar-refractivity contribution in [3.05, 3.63) is 72.9 Å². The molecule has 1 aliphatic carbocycles. The number of ether oxygens (including phenoxy) is 2. The molecule has 5 unspecified atom stereocenters. The number of allylic oxidation sites excluding steroid dienone is 11. The van der Waals surface area contributed by atoms with Gasteiger partial charge in [-0.25, -0.2) is 9.13 Å². The van der Waals surface area contributed by atoms with Gasteiger partial charge in [-0.3, -0.25) is 23.2 Å². The number of carbonyl (C=O) groups is 2. The van der Waals surface area contributed by atoms with Gasteiger partial charge in [0.15, 0.2) is 6.10 Å². The maximum Gasteiger partial charge on any atom is 0.472 e. The van der Waals surface area contributed by atoms with Gasteiger partial charge in [0.05, 0.1) is 12.7 Å². The predicted molar refractivity (Wildman–Crippen MR) is 242 cm³/mol. The highest BCUT2D eigenvalue weighted by atomic mass is 31.2. The van der Waals surface area contributed by atoms with Gasteiger partial charge >= 0.3 is 27.6 Å². The van der Waals surface area contributed by atoms with Crippen LogP contribution in [0.3, 0.4) is 0 Å². The molecule has 0 heterocycles. The molecule has 0 aromatic heterocycles. The number of unbranched alkanes of at least 4 members (excludes halogenated alkanes) is 9. The Morgan fingerprint density at radius 2 is 1.12 bits per heavy atom. The number of rotatable bonds is 36. The van der Waals surface area contributed by atoms with Crippen LogP contribution in [0.2, 0.25) is 0 Å². The van der Waals surface area contributed by atoms with Crippen molar-refractivity contribution < 1.29 is 82.0 Å². The molecule has 0 amide bonds. The fourth-order valence-electron chi connectivity index (χ4n) is 6.28. The molecule has 368 valence electrons. The molecule has 1 aliphatic rings. The van der Waals surface area contributed by atoms with Crippen molar-refractivity contribution in [3.63, 3.8) is 0 Å². The minimum atomic E-state index is -5.39. The van der Waals surface area contributed by atoms with Crippen LogP contribution in [-0.4, -0.2) is 114 Å². The molecule has 64 heavy (non-hydrogen) atoms. The smallest absolute Gasteiger partial charge is 0.462 e. The van der Waals surface area contributed by atoms with Gasteiger partial charge in [-0.15, -0.1) is 0 Å². The van der Waals surface area contributed by atoms with Crippen LogP contribution in [0.25, 0.3) is 0 Å². The van der Waals surface area contributed by atoms with E-state index in [1.807, 2.05) is 12.2 Å². The van der Waals surface area contributed by atoms with Gasteiger partial charge in [-0.1, -0.05) is 125 Å². The summed E-state index contributed by atoms with van der Waals surface area (Å²) in [6, 6.07) is 0. The first-order valence-corrected chi connectivity index (χ1v) is 25.6. The van der Waals surface area contributed by atoms with Crippen molar-refractivity contribution in [2.24, 2.45) is 0 Å². The van der Waals surface area contributed by atoms with E-state index in [1.165, 1.54) is 19.3 Å². The lowest BCUT2D eigenvalue weighted by atomic mass is 9.85. The Morgan fingerprint density at radius 3 is 1.75 bits per heavy atom. The number of phosphoric acid groups is 2. The quantitative estimate of drug-likeness (QED) is 0.0103. The third-order valence-corrected chi connectivity index (χ3v) is 11.3. The number of esters is 2. The largest absolute Gasteiger partial charge is 0.472 e. The van der Waals surface area contributed by atoms with E-state index in [0.717, 1.165) is 70.6 Å². The van der Waals surface area contributed by atoms with Crippen LogP contribution >= 0.6 is 15.6 Å². The zero-order chi connectivity index (χ0) is 47.6. The molecule has 0 aromatic rings. The first-order valence-electron chi connectivity index (χ1n) is 22.6. The normalized spacial score (nSPS) is 23.0. The van der Waals surface area contributed by atoms with Crippen molar-refractivity contribution in [2.45, 2.75) is 185 Å². The van der Waals surface area contributed by atoms with E-state index < -0.39 is 89.6 Å². The number of aliphatic hydroxyl groups excluding tert-OH is 5. The Morgan fingerprint density at radius 1 is 0.578 bits per heavy atom. The highest BCUT2D eigenvalue weighted by Crippen LogP contribution is 2.49. The monoisotopic (exact) mass is 950 g/mol. The molecule has 1 rings (SSSR count). The van der Waals surface area contributed by atoms with E-state index in [1.54, 1.807) is 12.2 Å². The van der Waals surface area contributed by atoms with E-state index in [4.69, 9.17) is 28.3 Å². The summed E-state index contributed by atoms with van der Waals surface area (Å²) in [5, 5.41) is 51.5. The van der Waals surface area contributed by atoms with Crippen molar-refractivity contribution in [1.82, 2.24) is 0 Å². The molecule has 0 radical (unpaired) electrons. The molecular weight excluding hydrogens is 874 g/mol. The lowest BCUT2D eigenvalue weighted by Gasteiger charge is -2.43. The molecule has 1 fully saturated rings. The Kier molecular flexibility index (Phi) is 33.0. The lowest BCUT2D eigenvalue weighted by molar-refractivity contribution is -0.216. The molecule has 19 heteroatoms. The van der Waals surface area contributed by atoms with Gasteiger partial charge < -0.3 is 49.7 Å². The maximum atomic E-state index is 13.0. The van der Waals surface area contributed by atoms with Gasteiger partial charge in [-0.2, -0.15) is 0 Å². The van der Waals surface area contributed by atoms with Crippen molar-refractivity contribution in [1.29, 1.82) is 0 Å². The SMILES string of the molecule is CCC/C=C\C/C=C\CCCCCCCC(=O)OC[C@H](COP(=O)(O)O[C@H]1C(O)C(O)C(O)[C@@H](OP(=O)(O)O)C1O)OC(=O)CCC[C@@H](O)/C=C/C=C\C/C=C\C/C=C\CCCCC. The van der Waals surface area contributed by atoms with E-state index >= 15 is 0 Å². The van der Waals surface area contributed by atoms with Gasteiger partial charge in [0.1, 0.15) is 43.2 Å². The zero-order valence-corrected chi connectivity index (χ0v) is 39.3. The van der Waals surface area contributed by atoms with E-state index in [0.29, 0.717) is 6.42 Å². The third-order valence-electron chi connectivity index (χ3n) is 9.84. The topological polar surface area (TPSA) is 276 Å².